The number of hydrogen-bond acceptors (Lipinski definition) is 3. The topological polar surface area (TPSA) is 42.4 Å². The Kier molecular flexibility index (Phi) is 5.71. The lowest BCUT2D eigenvalue weighted by Gasteiger charge is -2.34. The summed E-state index contributed by atoms with van der Waals surface area (Å²) < 4.78 is 6.01. The number of nitrogens with zero attached hydrogens (tertiary/aromatic N) is 2. The number of piperidine rings is 1. The van der Waals surface area contributed by atoms with E-state index in [1.165, 1.54) is 6.42 Å². The van der Waals surface area contributed by atoms with Gasteiger partial charge < -0.3 is 9.64 Å². The largest absolute Gasteiger partial charge is 0.478 e. The lowest BCUT2D eigenvalue weighted by atomic mass is 10.0. The molecule has 0 bridgehead atoms. The van der Waals surface area contributed by atoms with Crippen molar-refractivity contribution in [1.29, 1.82) is 0 Å². The minimum absolute atomic E-state index is 0.0684. The third-order valence-corrected chi connectivity index (χ3v) is 4.59. The Bertz CT molecular complexity index is 745. The van der Waals surface area contributed by atoms with Gasteiger partial charge in [0.2, 0.25) is 0 Å². The first-order chi connectivity index (χ1) is 12.5. The smallest absolute Gasteiger partial charge is 0.266 e. The van der Waals surface area contributed by atoms with E-state index in [-0.39, 0.29) is 5.91 Å². The second-order valence-electron chi connectivity index (χ2n) is 7.15. The van der Waals surface area contributed by atoms with Gasteiger partial charge in [-0.25, -0.2) is 0 Å². The average Bonchev–Trinajstić information content (AvgIpc) is 2.68. The number of carbonyl (C=O) groups is 1. The standard InChI is InChI=1S/C22H26N2O2/c1-22(2,21(25)24-16-4-3-5-17-24)26-20-10-8-18(9-11-20)6-7-19-12-14-23-15-13-19/h6-15H,3-5,16-17H2,1-2H3/b7-6+. The Labute approximate surface area is 155 Å². The summed E-state index contributed by atoms with van der Waals surface area (Å²) in [5, 5.41) is 0. The van der Waals surface area contributed by atoms with E-state index < -0.39 is 5.60 Å². The molecule has 0 spiro atoms. The Morgan fingerprint density at radius 3 is 2.15 bits per heavy atom. The van der Waals surface area contributed by atoms with Crippen molar-refractivity contribution < 1.29 is 9.53 Å². The van der Waals surface area contributed by atoms with Gasteiger partial charge in [-0.05, 0) is 68.5 Å². The molecule has 3 rings (SSSR count). The molecule has 26 heavy (non-hydrogen) atoms. The molecule has 1 fully saturated rings. The molecule has 1 amide bonds. The summed E-state index contributed by atoms with van der Waals surface area (Å²) in [6.45, 7) is 5.37. The van der Waals surface area contributed by atoms with E-state index >= 15 is 0 Å². The van der Waals surface area contributed by atoms with Gasteiger partial charge in [-0.3, -0.25) is 9.78 Å². The van der Waals surface area contributed by atoms with Crippen LogP contribution in [0.3, 0.4) is 0 Å². The number of ether oxygens (including phenoxy) is 1. The number of hydrogen-bond donors (Lipinski definition) is 0. The molecule has 4 heteroatoms. The second-order valence-corrected chi connectivity index (χ2v) is 7.15. The van der Waals surface area contributed by atoms with Gasteiger partial charge in [0.05, 0.1) is 0 Å². The fraction of sp³-hybridized carbons (Fsp3) is 0.364. The number of amides is 1. The highest BCUT2D eigenvalue weighted by atomic mass is 16.5. The number of likely N-dealkylation sites (tertiary alicyclic amines) is 1. The van der Waals surface area contributed by atoms with Gasteiger partial charge in [0.25, 0.3) is 5.91 Å². The van der Waals surface area contributed by atoms with Crippen molar-refractivity contribution >= 4 is 18.1 Å². The highest BCUT2D eigenvalue weighted by Gasteiger charge is 2.34. The van der Waals surface area contributed by atoms with E-state index in [9.17, 15) is 4.79 Å². The lowest BCUT2D eigenvalue weighted by molar-refractivity contribution is -0.146. The zero-order valence-electron chi connectivity index (χ0n) is 15.5. The molecule has 0 radical (unpaired) electrons. The molecule has 4 nitrogen and oxygen atoms in total. The summed E-state index contributed by atoms with van der Waals surface area (Å²) in [7, 11) is 0. The summed E-state index contributed by atoms with van der Waals surface area (Å²) >= 11 is 0. The lowest BCUT2D eigenvalue weighted by Crippen LogP contribution is -2.50. The van der Waals surface area contributed by atoms with Gasteiger partial charge in [-0.1, -0.05) is 24.3 Å². The van der Waals surface area contributed by atoms with Crippen LogP contribution in [0.5, 0.6) is 5.75 Å². The Morgan fingerprint density at radius 2 is 1.54 bits per heavy atom. The zero-order valence-corrected chi connectivity index (χ0v) is 15.5. The molecular formula is C22H26N2O2. The quantitative estimate of drug-likeness (QED) is 0.801. The number of benzene rings is 1. The van der Waals surface area contributed by atoms with Crippen molar-refractivity contribution in [2.45, 2.75) is 38.7 Å². The summed E-state index contributed by atoms with van der Waals surface area (Å²) in [4.78, 5) is 18.7. The van der Waals surface area contributed by atoms with E-state index in [4.69, 9.17) is 4.74 Å². The molecule has 1 saturated heterocycles. The van der Waals surface area contributed by atoms with Crippen LogP contribution < -0.4 is 4.74 Å². The van der Waals surface area contributed by atoms with Crippen LogP contribution in [-0.2, 0) is 4.79 Å². The summed E-state index contributed by atoms with van der Waals surface area (Å²) in [6.07, 6.45) is 11.0. The van der Waals surface area contributed by atoms with E-state index in [1.807, 2.05) is 67.3 Å². The molecule has 1 aromatic heterocycles. The van der Waals surface area contributed by atoms with Gasteiger partial charge in [0.1, 0.15) is 5.75 Å². The van der Waals surface area contributed by atoms with Crippen LogP contribution >= 0.6 is 0 Å². The van der Waals surface area contributed by atoms with E-state index in [2.05, 4.69) is 4.98 Å². The number of pyridine rings is 1. The minimum atomic E-state index is -0.855. The van der Waals surface area contributed by atoms with Crippen LogP contribution in [0.4, 0.5) is 0 Å². The Hall–Kier alpha value is -2.62. The molecule has 0 aliphatic carbocycles. The molecule has 1 aromatic carbocycles. The molecule has 1 aliphatic rings. The number of carbonyl (C=O) groups excluding carboxylic acids is 1. The first-order valence-electron chi connectivity index (χ1n) is 9.21. The predicted octanol–water partition coefficient (Wildman–Crippen LogP) is 4.42. The van der Waals surface area contributed by atoms with Crippen LogP contribution in [0, 0.1) is 0 Å². The third-order valence-electron chi connectivity index (χ3n) is 4.59. The van der Waals surface area contributed by atoms with Crippen LogP contribution in [-0.4, -0.2) is 34.5 Å². The predicted molar refractivity (Wildman–Crippen MR) is 105 cm³/mol. The van der Waals surface area contributed by atoms with Crippen molar-refractivity contribution in [3.63, 3.8) is 0 Å². The fourth-order valence-electron chi connectivity index (χ4n) is 3.13. The molecule has 0 atom stereocenters. The van der Waals surface area contributed by atoms with Gasteiger partial charge in [-0.2, -0.15) is 0 Å². The maximum absolute atomic E-state index is 12.7. The molecule has 136 valence electrons. The molecule has 0 N–H and O–H groups in total. The molecule has 0 unspecified atom stereocenters. The monoisotopic (exact) mass is 350 g/mol. The fourth-order valence-corrected chi connectivity index (χ4v) is 3.13. The highest BCUT2D eigenvalue weighted by Crippen LogP contribution is 2.23. The van der Waals surface area contributed by atoms with E-state index in [0.29, 0.717) is 5.75 Å². The van der Waals surface area contributed by atoms with Crippen molar-refractivity contribution in [3.05, 3.63) is 59.9 Å². The van der Waals surface area contributed by atoms with Gasteiger partial charge in [0.15, 0.2) is 5.60 Å². The van der Waals surface area contributed by atoms with Crippen LogP contribution in [0.25, 0.3) is 12.2 Å². The van der Waals surface area contributed by atoms with Crippen molar-refractivity contribution in [3.8, 4) is 5.75 Å². The molecular weight excluding hydrogens is 324 g/mol. The second kappa shape index (κ2) is 8.17. The van der Waals surface area contributed by atoms with Gasteiger partial charge in [-0.15, -0.1) is 0 Å². The van der Waals surface area contributed by atoms with E-state index in [0.717, 1.165) is 37.1 Å². The van der Waals surface area contributed by atoms with E-state index in [1.54, 1.807) is 12.4 Å². The van der Waals surface area contributed by atoms with Gasteiger partial charge in [0, 0.05) is 25.5 Å². The Morgan fingerprint density at radius 1 is 0.962 bits per heavy atom. The molecule has 1 aliphatic heterocycles. The third kappa shape index (κ3) is 4.72. The SMILES string of the molecule is CC(C)(Oc1ccc(/C=C/c2ccncc2)cc1)C(=O)N1CCCCC1. The van der Waals surface area contributed by atoms with Crippen LogP contribution in [0.15, 0.2) is 48.8 Å². The first-order valence-corrected chi connectivity index (χ1v) is 9.21. The summed E-state index contributed by atoms with van der Waals surface area (Å²) in [5.41, 5.74) is 1.33. The highest BCUT2D eigenvalue weighted by molar-refractivity contribution is 5.85. The van der Waals surface area contributed by atoms with Crippen molar-refractivity contribution in [2.75, 3.05) is 13.1 Å². The Balaban J connectivity index is 1.62. The van der Waals surface area contributed by atoms with Gasteiger partial charge >= 0.3 is 0 Å². The van der Waals surface area contributed by atoms with Crippen molar-refractivity contribution in [2.24, 2.45) is 0 Å². The summed E-state index contributed by atoms with van der Waals surface area (Å²) in [6, 6.07) is 11.7. The zero-order chi connectivity index (χ0) is 18.4. The maximum Gasteiger partial charge on any atom is 0.266 e. The summed E-state index contributed by atoms with van der Waals surface area (Å²) in [5.74, 6) is 0.778. The minimum Gasteiger partial charge on any atom is -0.478 e. The molecule has 2 aromatic rings. The molecule has 2 heterocycles. The van der Waals surface area contributed by atoms with Crippen LogP contribution in [0.1, 0.15) is 44.2 Å². The number of rotatable bonds is 5. The molecule has 0 saturated carbocycles. The average molecular weight is 350 g/mol. The maximum atomic E-state index is 12.7. The first kappa shape index (κ1) is 18.2. The number of aromatic nitrogens is 1. The normalized spacial score (nSPS) is 15.2. The van der Waals surface area contributed by atoms with Crippen molar-refractivity contribution in [1.82, 2.24) is 9.88 Å². The van der Waals surface area contributed by atoms with Crippen LogP contribution in [0.2, 0.25) is 0 Å².